The van der Waals surface area contributed by atoms with Crippen molar-refractivity contribution in [1.29, 1.82) is 0 Å². The second-order valence-corrected chi connectivity index (χ2v) is 9.76. The Hall–Kier alpha value is -2.62. The van der Waals surface area contributed by atoms with Crippen LogP contribution in [0.15, 0.2) is 48.5 Å². The quantitative estimate of drug-likeness (QED) is 0.621. The van der Waals surface area contributed by atoms with Gasteiger partial charge < -0.3 is 10.2 Å². The van der Waals surface area contributed by atoms with E-state index in [1.54, 1.807) is 4.90 Å². The molecule has 31 heavy (non-hydrogen) atoms. The first-order chi connectivity index (χ1) is 14.5. The fourth-order valence-corrected chi connectivity index (χ4v) is 3.49. The molecule has 2 amide bonds. The van der Waals surface area contributed by atoms with Gasteiger partial charge in [0, 0.05) is 18.5 Å². The monoisotopic (exact) mass is 422 g/mol. The van der Waals surface area contributed by atoms with Crippen molar-refractivity contribution in [3.63, 3.8) is 0 Å². The summed E-state index contributed by atoms with van der Waals surface area (Å²) in [7, 11) is 0. The molecule has 0 aliphatic rings. The summed E-state index contributed by atoms with van der Waals surface area (Å²) in [6.07, 6.45) is 1.04. The summed E-state index contributed by atoms with van der Waals surface area (Å²) < 4.78 is 0. The number of aryl methyl sites for hydroxylation is 2. The Morgan fingerprint density at radius 2 is 1.58 bits per heavy atom. The van der Waals surface area contributed by atoms with Gasteiger partial charge >= 0.3 is 0 Å². The first-order valence-electron chi connectivity index (χ1n) is 11.2. The second-order valence-electron chi connectivity index (χ2n) is 9.76. The van der Waals surface area contributed by atoms with Crippen LogP contribution in [0.25, 0.3) is 0 Å². The highest BCUT2D eigenvalue weighted by molar-refractivity contribution is 5.87. The molecular formula is C27H38N2O2. The van der Waals surface area contributed by atoms with Gasteiger partial charge in [0.15, 0.2) is 0 Å². The smallest absolute Gasteiger partial charge is 0.242 e. The zero-order chi connectivity index (χ0) is 23.2. The van der Waals surface area contributed by atoms with Gasteiger partial charge in [-0.1, -0.05) is 62.4 Å². The van der Waals surface area contributed by atoms with Crippen molar-refractivity contribution >= 4 is 11.8 Å². The molecule has 0 radical (unpaired) electrons. The number of rotatable bonds is 8. The van der Waals surface area contributed by atoms with E-state index in [-0.39, 0.29) is 17.4 Å². The molecule has 2 aromatic carbocycles. The minimum atomic E-state index is -0.547. The summed E-state index contributed by atoms with van der Waals surface area (Å²) in [4.78, 5) is 27.8. The van der Waals surface area contributed by atoms with Gasteiger partial charge in [-0.15, -0.1) is 0 Å². The Balaban J connectivity index is 2.16. The van der Waals surface area contributed by atoms with Gasteiger partial charge in [-0.05, 0) is 69.2 Å². The number of benzene rings is 2. The number of hydrogen-bond donors (Lipinski definition) is 1. The van der Waals surface area contributed by atoms with Crippen LogP contribution >= 0.6 is 0 Å². The predicted molar refractivity (Wildman–Crippen MR) is 128 cm³/mol. The maximum Gasteiger partial charge on any atom is 0.242 e. The van der Waals surface area contributed by atoms with Crippen LogP contribution in [0.1, 0.15) is 76.1 Å². The molecule has 0 saturated heterocycles. The Morgan fingerprint density at radius 1 is 0.968 bits per heavy atom. The van der Waals surface area contributed by atoms with E-state index in [4.69, 9.17) is 0 Å². The van der Waals surface area contributed by atoms with E-state index in [1.807, 2.05) is 58.9 Å². The van der Waals surface area contributed by atoms with Crippen LogP contribution < -0.4 is 5.32 Å². The van der Waals surface area contributed by atoms with Crippen molar-refractivity contribution in [1.82, 2.24) is 10.2 Å². The van der Waals surface area contributed by atoms with Crippen molar-refractivity contribution in [3.8, 4) is 0 Å². The number of hydrogen-bond acceptors (Lipinski definition) is 2. The van der Waals surface area contributed by atoms with E-state index < -0.39 is 6.04 Å². The topological polar surface area (TPSA) is 49.4 Å². The number of nitrogens with zero attached hydrogens (tertiary/aromatic N) is 1. The summed E-state index contributed by atoms with van der Waals surface area (Å²) in [6.45, 7) is 14.5. The van der Waals surface area contributed by atoms with Gasteiger partial charge in [0.2, 0.25) is 11.8 Å². The molecule has 1 atom stereocenters. The zero-order valence-electron chi connectivity index (χ0n) is 20.2. The van der Waals surface area contributed by atoms with Crippen LogP contribution in [-0.2, 0) is 22.6 Å². The highest BCUT2D eigenvalue weighted by Crippen LogP contribution is 2.18. The lowest BCUT2D eigenvalue weighted by atomic mass is 10.00. The summed E-state index contributed by atoms with van der Waals surface area (Å²) in [5.41, 5.74) is 4.27. The molecule has 168 valence electrons. The summed E-state index contributed by atoms with van der Waals surface area (Å²) in [5, 5.41) is 3.01. The van der Waals surface area contributed by atoms with Crippen LogP contribution in [0.2, 0.25) is 0 Å². The number of amides is 2. The number of carbonyl (C=O) groups excluding carboxylic acids is 2. The summed E-state index contributed by atoms with van der Waals surface area (Å²) in [5.74, 6) is 0.353. The Kier molecular flexibility index (Phi) is 8.43. The maximum atomic E-state index is 13.3. The van der Waals surface area contributed by atoms with E-state index in [1.165, 1.54) is 5.56 Å². The van der Waals surface area contributed by atoms with E-state index in [2.05, 4.69) is 43.4 Å². The van der Waals surface area contributed by atoms with Crippen LogP contribution in [0.5, 0.6) is 0 Å². The van der Waals surface area contributed by atoms with Gasteiger partial charge in [-0.2, -0.15) is 0 Å². The van der Waals surface area contributed by atoms with Crippen LogP contribution in [0.3, 0.4) is 0 Å². The highest BCUT2D eigenvalue weighted by Gasteiger charge is 2.28. The largest absolute Gasteiger partial charge is 0.350 e. The van der Waals surface area contributed by atoms with Gasteiger partial charge in [0.25, 0.3) is 0 Å². The van der Waals surface area contributed by atoms with E-state index in [0.29, 0.717) is 25.3 Å². The third kappa shape index (κ3) is 7.54. The third-order valence-electron chi connectivity index (χ3n) is 5.54. The molecule has 0 fully saturated rings. The van der Waals surface area contributed by atoms with Gasteiger partial charge in [-0.3, -0.25) is 9.59 Å². The molecule has 4 nitrogen and oxygen atoms in total. The molecule has 2 rings (SSSR count). The van der Waals surface area contributed by atoms with Gasteiger partial charge in [-0.25, -0.2) is 0 Å². The van der Waals surface area contributed by atoms with Gasteiger partial charge in [0.1, 0.15) is 6.04 Å². The Morgan fingerprint density at radius 3 is 2.13 bits per heavy atom. The molecule has 4 heteroatoms. The van der Waals surface area contributed by atoms with Crippen molar-refractivity contribution in [2.45, 2.75) is 85.4 Å². The summed E-state index contributed by atoms with van der Waals surface area (Å²) in [6, 6.07) is 15.9. The third-order valence-corrected chi connectivity index (χ3v) is 5.54. The minimum absolute atomic E-state index is 0.00671. The maximum absolute atomic E-state index is 13.3. The Bertz CT molecular complexity index is 879. The van der Waals surface area contributed by atoms with Crippen molar-refractivity contribution in [2.75, 3.05) is 0 Å². The van der Waals surface area contributed by atoms with E-state index >= 15 is 0 Å². The molecule has 0 bridgehead atoms. The van der Waals surface area contributed by atoms with Crippen LogP contribution in [0, 0.1) is 6.92 Å². The molecule has 0 aliphatic carbocycles. The molecule has 0 aromatic heterocycles. The average Bonchev–Trinajstić information content (AvgIpc) is 2.70. The lowest BCUT2D eigenvalue weighted by molar-refractivity contribution is -0.141. The fourth-order valence-electron chi connectivity index (χ4n) is 3.49. The van der Waals surface area contributed by atoms with Crippen LogP contribution in [0.4, 0.5) is 0 Å². The predicted octanol–water partition coefficient (Wildman–Crippen LogP) is 5.38. The fraction of sp³-hybridized carbons (Fsp3) is 0.481. The Labute approximate surface area is 188 Å². The first-order valence-corrected chi connectivity index (χ1v) is 11.2. The molecule has 0 saturated carbocycles. The first kappa shape index (κ1) is 24.6. The molecule has 0 aliphatic heterocycles. The molecule has 2 aromatic rings. The van der Waals surface area contributed by atoms with Crippen molar-refractivity contribution in [2.24, 2.45) is 0 Å². The number of carbonyl (C=O) groups is 2. The van der Waals surface area contributed by atoms with Crippen LogP contribution in [-0.4, -0.2) is 28.3 Å². The minimum Gasteiger partial charge on any atom is -0.350 e. The van der Waals surface area contributed by atoms with E-state index in [0.717, 1.165) is 16.7 Å². The second kappa shape index (κ2) is 10.6. The highest BCUT2D eigenvalue weighted by atomic mass is 16.2. The zero-order valence-corrected chi connectivity index (χ0v) is 20.2. The summed E-state index contributed by atoms with van der Waals surface area (Å²) >= 11 is 0. The van der Waals surface area contributed by atoms with Crippen molar-refractivity contribution in [3.05, 3.63) is 70.8 Å². The average molecular weight is 423 g/mol. The molecule has 1 N–H and O–H groups in total. The lowest BCUT2D eigenvalue weighted by Crippen LogP contribution is -2.52. The number of nitrogens with one attached hydrogen (secondary N) is 1. The van der Waals surface area contributed by atoms with Gasteiger partial charge in [0.05, 0.1) is 0 Å². The van der Waals surface area contributed by atoms with Crippen molar-refractivity contribution < 1.29 is 9.59 Å². The lowest BCUT2D eigenvalue weighted by Gasteiger charge is -2.32. The molecule has 0 unspecified atom stereocenters. The molecular weight excluding hydrogens is 384 g/mol. The normalized spacial score (nSPS) is 12.5. The SMILES string of the molecule is Cc1ccccc1CN(C(=O)CCc1ccc(C(C)C)cc1)[C@@H](C)C(=O)NC(C)(C)C. The standard InChI is InChI=1S/C27H38N2O2/c1-19(2)23-15-12-22(13-16-23)14-17-25(30)29(18-24-11-9-8-10-20(24)3)21(4)26(31)28-27(5,6)7/h8-13,15-16,19,21H,14,17-18H2,1-7H3,(H,28,31)/t21-/m0/s1. The molecule has 0 spiro atoms. The van der Waals surface area contributed by atoms with E-state index in [9.17, 15) is 9.59 Å². The molecule has 0 heterocycles.